The van der Waals surface area contributed by atoms with Crippen molar-refractivity contribution in [2.24, 2.45) is 11.3 Å². The zero-order chi connectivity index (χ0) is 20.2. The van der Waals surface area contributed by atoms with Crippen LogP contribution in [0.4, 0.5) is 0 Å². The summed E-state index contributed by atoms with van der Waals surface area (Å²) in [6, 6.07) is 6.56. The van der Waals surface area contributed by atoms with Crippen LogP contribution in [-0.2, 0) is 9.59 Å². The van der Waals surface area contributed by atoms with E-state index in [0.717, 1.165) is 5.75 Å². The Kier molecular flexibility index (Phi) is 6.63. The van der Waals surface area contributed by atoms with E-state index in [1.165, 1.54) is 0 Å². The van der Waals surface area contributed by atoms with Crippen molar-refractivity contribution in [2.45, 2.75) is 46.6 Å². The van der Waals surface area contributed by atoms with Crippen LogP contribution >= 0.6 is 0 Å². The second kappa shape index (κ2) is 8.55. The molecular weight excluding hydrogens is 344 g/mol. The summed E-state index contributed by atoms with van der Waals surface area (Å²) in [5, 5.41) is 2.78. The third kappa shape index (κ3) is 5.31. The minimum atomic E-state index is -0.564. The van der Waals surface area contributed by atoms with E-state index in [4.69, 9.17) is 4.74 Å². The molecule has 6 heteroatoms. The SMILES string of the molecule is COc1ccc(C(=O)C2CCN(C(=O)C(C)NC(=O)C(C)(C)C)CC2)cc1. The van der Waals surface area contributed by atoms with E-state index in [1.54, 1.807) is 43.2 Å². The number of ether oxygens (including phenoxy) is 1. The number of ketones is 1. The van der Waals surface area contributed by atoms with Gasteiger partial charge in [0.1, 0.15) is 11.8 Å². The van der Waals surface area contributed by atoms with Crippen LogP contribution in [0.15, 0.2) is 24.3 Å². The van der Waals surface area contributed by atoms with Crippen molar-refractivity contribution in [1.82, 2.24) is 10.2 Å². The van der Waals surface area contributed by atoms with Crippen molar-refractivity contribution in [3.8, 4) is 5.75 Å². The molecule has 1 unspecified atom stereocenters. The molecule has 1 aromatic rings. The van der Waals surface area contributed by atoms with Crippen LogP contribution in [0.5, 0.6) is 5.75 Å². The molecule has 6 nitrogen and oxygen atoms in total. The number of amides is 2. The minimum absolute atomic E-state index is 0.0816. The average Bonchev–Trinajstić information content (AvgIpc) is 2.66. The standard InChI is InChI=1S/C21H30N2O4/c1-14(22-20(26)21(2,3)4)19(25)23-12-10-16(11-13-23)18(24)15-6-8-17(27-5)9-7-15/h6-9,14,16H,10-13H2,1-5H3,(H,22,26). The van der Waals surface area contributed by atoms with E-state index in [1.807, 2.05) is 20.8 Å². The number of carbonyl (C=O) groups is 3. The van der Waals surface area contributed by atoms with Crippen LogP contribution in [0.3, 0.4) is 0 Å². The summed E-state index contributed by atoms with van der Waals surface area (Å²) in [5.41, 5.74) is 0.137. The lowest BCUT2D eigenvalue weighted by molar-refractivity contribution is -0.139. The molecule has 1 aromatic carbocycles. The summed E-state index contributed by atoms with van der Waals surface area (Å²) >= 11 is 0. The number of Topliss-reactive ketones (excluding diaryl/α,β-unsaturated/α-hetero) is 1. The molecular formula is C21H30N2O4. The molecule has 0 spiro atoms. The predicted molar refractivity (Wildman–Crippen MR) is 104 cm³/mol. The smallest absolute Gasteiger partial charge is 0.244 e. The van der Waals surface area contributed by atoms with Gasteiger partial charge in [-0.3, -0.25) is 14.4 Å². The van der Waals surface area contributed by atoms with Gasteiger partial charge in [-0.2, -0.15) is 0 Å². The third-order valence-corrected chi connectivity index (χ3v) is 4.95. The van der Waals surface area contributed by atoms with Crippen molar-refractivity contribution in [3.63, 3.8) is 0 Å². The molecule has 2 rings (SSSR count). The van der Waals surface area contributed by atoms with Gasteiger partial charge in [0.2, 0.25) is 11.8 Å². The fourth-order valence-electron chi connectivity index (χ4n) is 3.10. The van der Waals surface area contributed by atoms with Crippen LogP contribution in [-0.4, -0.2) is 48.7 Å². The molecule has 1 saturated heterocycles. The summed E-state index contributed by atoms with van der Waals surface area (Å²) in [7, 11) is 1.59. The molecule has 1 aliphatic heterocycles. The monoisotopic (exact) mass is 374 g/mol. The van der Waals surface area contributed by atoms with Gasteiger partial charge in [-0.15, -0.1) is 0 Å². The van der Waals surface area contributed by atoms with Crippen LogP contribution in [0.25, 0.3) is 0 Å². The Hall–Kier alpha value is -2.37. The van der Waals surface area contributed by atoms with E-state index in [9.17, 15) is 14.4 Å². The normalized spacial score (nSPS) is 16.6. The number of piperidine rings is 1. The molecule has 2 amide bonds. The molecule has 0 saturated carbocycles. The molecule has 0 aromatic heterocycles. The number of nitrogens with zero attached hydrogens (tertiary/aromatic N) is 1. The second-order valence-corrected chi connectivity index (χ2v) is 8.14. The van der Waals surface area contributed by atoms with Gasteiger partial charge in [0.15, 0.2) is 5.78 Å². The third-order valence-electron chi connectivity index (χ3n) is 4.95. The zero-order valence-corrected chi connectivity index (χ0v) is 16.9. The van der Waals surface area contributed by atoms with Gasteiger partial charge in [0.25, 0.3) is 0 Å². The van der Waals surface area contributed by atoms with E-state index in [-0.39, 0.29) is 23.5 Å². The maximum Gasteiger partial charge on any atom is 0.244 e. The lowest BCUT2D eigenvalue weighted by Crippen LogP contribution is -2.51. The van der Waals surface area contributed by atoms with E-state index in [0.29, 0.717) is 31.5 Å². The van der Waals surface area contributed by atoms with Crippen molar-refractivity contribution in [2.75, 3.05) is 20.2 Å². The quantitative estimate of drug-likeness (QED) is 0.804. The number of hydrogen-bond donors (Lipinski definition) is 1. The maximum atomic E-state index is 12.7. The minimum Gasteiger partial charge on any atom is -0.497 e. The lowest BCUT2D eigenvalue weighted by atomic mass is 9.88. The summed E-state index contributed by atoms with van der Waals surface area (Å²) in [6.07, 6.45) is 1.27. The Morgan fingerprint density at radius 3 is 2.15 bits per heavy atom. The van der Waals surface area contributed by atoms with Gasteiger partial charge in [0, 0.05) is 30.0 Å². The van der Waals surface area contributed by atoms with Crippen LogP contribution in [0.1, 0.15) is 50.9 Å². The van der Waals surface area contributed by atoms with E-state index < -0.39 is 11.5 Å². The molecule has 1 fully saturated rings. The largest absolute Gasteiger partial charge is 0.497 e. The molecule has 1 atom stereocenters. The first-order valence-corrected chi connectivity index (χ1v) is 9.41. The fourth-order valence-corrected chi connectivity index (χ4v) is 3.10. The number of nitrogens with one attached hydrogen (secondary N) is 1. The number of likely N-dealkylation sites (tertiary alicyclic amines) is 1. The highest BCUT2D eigenvalue weighted by Crippen LogP contribution is 2.23. The number of methoxy groups -OCH3 is 1. The highest BCUT2D eigenvalue weighted by atomic mass is 16.5. The molecule has 27 heavy (non-hydrogen) atoms. The Morgan fingerprint density at radius 2 is 1.67 bits per heavy atom. The van der Waals surface area contributed by atoms with Crippen molar-refractivity contribution in [3.05, 3.63) is 29.8 Å². The molecule has 0 bridgehead atoms. The van der Waals surface area contributed by atoms with Crippen molar-refractivity contribution < 1.29 is 19.1 Å². The van der Waals surface area contributed by atoms with Crippen LogP contribution < -0.4 is 10.1 Å². The number of benzene rings is 1. The summed E-state index contributed by atoms with van der Waals surface area (Å²) in [6.45, 7) is 8.21. The molecule has 0 radical (unpaired) electrons. The average molecular weight is 374 g/mol. The second-order valence-electron chi connectivity index (χ2n) is 8.14. The van der Waals surface area contributed by atoms with Gasteiger partial charge in [-0.05, 0) is 44.0 Å². The maximum absolute atomic E-state index is 12.7. The van der Waals surface area contributed by atoms with Gasteiger partial charge in [-0.1, -0.05) is 20.8 Å². The molecule has 1 aliphatic rings. The first-order chi connectivity index (χ1) is 12.6. The first-order valence-electron chi connectivity index (χ1n) is 9.41. The molecule has 1 N–H and O–H groups in total. The van der Waals surface area contributed by atoms with Gasteiger partial charge in [0.05, 0.1) is 7.11 Å². The van der Waals surface area contributed by atoms with Gasteiger partial charge in [-0.25, -0.2) is 0 Å². The fraction of sp³-hybridized carbons (Fsp3) is 0.571. The van der Waals surface area contributed by atoms with E-state index >= 15 is 0 Å². The van der Waals surface area contributed by atoms with Crippen molar-refractivity contribution >= 4 is 17.6 Å². The van der Waals surface area contributed by atoms with E-state index in [2.05, 4.69) is 5.32 Å². The molecule has 148 valence electrons. The molecule has 1 heterocycles. The summed E-state index contributed by atoms with van der Waals surface area (Å²) in [4.78, 5) is 39.1. The van der Waals surface area contributed by atoms with Gasteiger partial charge < -0.3 is 15.0 Å². The number of rotatable bonds is 5. The van der Waals surface area contributed by atoms with Crippen LogP contribution in [0, 0.1) is 11.3 Å². The van der Waals surface area contributed by atoms with Crippen molar-refractivity contribution in [1.29, 1.82) is 0 Å². The molecule has 0 aliphatic carbocycles. The van der Waals surface area contributed by atoms with Crippen LogP contribution in [0.2, 0.25) is 0 Å². The Labute approximate surface area is 161 Å². The zero-order valence-electron chi connectivity index (χ0n) is 16.9. The first kappa shape index (κ1) is 20.9. The number of carbonyl (C=O) groups excluding carboxylic acids is 3. The topological polar surface area (TPSA) is 75.7 Å². The highest BCUT2D eigenvalue weighted by molar-refractivity contribution is 5.98. The predicted octanol–water partition coefficient (Wildman–Crippen LogP) is 2.67. The Balaban J connectivity index is 1.89. The Morgan fingerprint density at radius 1 is 1.11 bits per heavy atom. The highest BCUT2D eigenvalue weighted by Gasteiger charge is 2.31. The Bertz CT molecular complexity index is 683. The summed E-state index contributed by atoms with van der Waals surface area (Å²) in [5.74, 6) is 0.509. The van der Waals surface area contributed by atoms with Gasteiger partial charge >= 0.3 is 0 Å². The number of hydrogen-bond acceptors (Lipinski definition) is 4. The lowest BCUT2D eigenvalue weighted by Gasteiger charge is -2.33. The summed E-state index contributed by atoms with van der Waals surface area (Å²) < 4.78 is 5.12.